The molecule has 1 aliphatic rings. The number of nitrogens with two attached hydrogens (primary N) is 1. The third-order valence-corrected chi connectivity index (χ3v) is 4.07. The molecule has 0 saturated carbocycles. The van der Waals surface area contributed by atoms with Crippen LogP contribution in [0.1, 0.15) is 32.1 Å². The van der Waals surface area contributed by atoms with Gasteiger partial charge in [-0.3, -0.25) is 0 Å². The summed E-state index contributed by atoms with van der Waals surface area (Å²) in [7, 11) is 0. The second-order valence-corrected chi connectivity index (χ2v) is 6.61. The lowest BCUT2D eigenvalue weighted by Crippen LogP contribution is -2.35. The molecule has 0 amide bonds. The zero-order valence-corrected chi connectivity index (χ0v) is 13.2. The summed E-state index contributed by atoms with van der Waals surface area (Å²) >= 11 is 1.73. The number of thiophene rings is 1. The number of rotatable bonds is 4. The number of hydrogen-bond donors (Lipinski definition) is 1. The van der Waals surface area contributed by atoms with Crippen LogP contribution in [-0.4, -0.2) is 10.4 Å². The second-order valence-electron chi connectivity index (χ2n) is 5.66. The van der Waals surface area contributed by atoms with Crippen molar-refractivity contribution < 1.29 is 0 Å². The molecule has 0 spiro atoms. The van der Waals surface area contributed by atoms with Crippen molar-refractivity contribution in [3.05, 3.63) is 64.8 Å². The van der Waals surface area contributed by atoms with Crippen molar-refractivity contribution in [2.75, 3.05) is 0 Å². The fourth-order valence-electron chi connectivity index (χ4n) is 2.26. The van der Waals surface area contributed by atoms with Crippen LogP contribution in [0.2, 0.25) is 0 Å². The van der Waals surface area contributed by atoms with Gasteiger partial charge in [-0.25, -0.2) is 0 Å². The Bertz CT molecular complexity index is 569. The lowest BCUT2D eigenvalue weighted by atomic mass is 9.97. The third kappa shape index (κ3) is 3.30. The van der Waals surface area contributed by atoms with E-state index in [0.29, 0.717) is 0 Å². The molecular formula is C17H22N2S. The van der Waals surface area contributed by atoms with Crippen LogP contribution in [0.25, 0.3) is 5.57 Å². The monoisotopic (exact) mass is 286 g/mol. The van der Waals surface area contributed by atoms with Crippen LogP contribution in [0.5, 0.6) is 0 Å². The zero-order chi connectivity index (χ0) is 14.8. The van der Waals surface area contributed by atoms with Crippen molar-refractivity contribution in [1.82, 2.24) is 4.90 Å². The Morgan fingerprint density at radius 1 is 1.50 bits per heavy atom. The molecule has 106 valence electrons. The first-order valence-corrected chi connectivity index (χ1v) is 7.65. The van der Waals surface area contributed by atoms with Gasteiger partial charge in [0.1, 0.15) is 0 Å². The lowest BCUT2D eigenvalue weighted by molar-refractivity contribution is 0.448. The number of allylic oxidation sites excluding steroid dienone is 4. The predicted octanol–water partition coefficient (Wildman–Crippen LogP) is 4.51. The van der Waals surface area contributed by atoms with Gasteiger partial charge >= 0.3 is 0 Å². The Morgan fingerprint density at radius 2 is 2.25 bits per heavy atom. The van der Waals surface area contributed by atoms with E-state index < -0.39 is 0 Å². The van der Waals surface area contributed by atoms with Crippen molar-refractivity contribution in [1.29, 1.82) is 0 Å². The summed E-state index contributed by atoms with van der Waals surface area (Å²) in [6.07, 6.45) is 9.16. The molecule has 20 heavy (non-hydrogen) atoms. The van der Waals surface area contributed by atoms with Crippen LogP contribution in [-0.2, 0) is 0 Å². The van der Waals surface area contributed by atoms with Crippen LogP contribution in [0.4, 0.5) is 0 Å². The van der Waals surface area contributed by atoms with Gasteiger partial charge in [-0.05, 0) is 38.3 Å². The van der Waals surface area contributed by atoms with Gasteiger partial charge in [-0.15, -0.1) is 11.3 Å². The van der Waals surface area contributed by atoms with E-state index in [1.165, 1.54) is 16.1 Å². The van der Waals surface area contributed by atoms with Gasteiger partial charge in [0, 0.05) is 40.0 Å². The molecule has 1 aliphatic heterocycles. The normalized spacial score (nSPS) is 16.6. The third-order valence-electron chi connectivity index (χ3n) is 3.17. The Kier molecular flexibility index (Phi) is 4.31. The van der Waals surface area contributed by atoms with E-state index in [4.69, 9.17) is 5.73 Å². The standard InChI is InChI=1S/C17H22N2S/c1-5-14(12-17(3,4)18)19-10-6-8-15(13(19)2)16-9-7-11-20-16/h5-11H,2,12,18H2,1,3-4H3/b14-5-. The SMILES string of the molecule is C=C1C(c2cccs2)=CC=CN1/C(=C\C)CC(C)(C)N. The quantitative estimate of drug-likeness (QED) is 0.882. The first-order valence-electron chi connectivity index (χ1n) is 6.77. The van der Waals surface area contributed by atoms with Crippen LogP contribution in [0.15, 0.2) is 59.9 Å². The fraction of sp³-hybridized carbons (Fsp3) is 0.294. The van der Waals surface area contributed by atoms with Gasteiger partial charge in [0.05, 0.1) is 0 Å². The molecule has 0 aliphatic carbocycles. The van der Waals surface area contributed by atoms with E-state index in [1.807, 2.05) is 20.8 Å². The lowest BCUT2D eigenvalue weighted by Gasteiger charge is -2.32. The molecule has 0 fully saturated rings. The summed E-state index contributed by atoms with van der Waals surface area (Å²) in [5.74, 6) is 0. The highest BCUT2D eigenvalue weighted by Gasteiger charge is 2.22. The van der Waals surface area contributed by atoms with Crippen molar-refractivity contribution >= 4 is 16.9 Å². The molecule has 0 aromatic carbocycles. The molecule has 0 radical (unpaired) electrons. The summed E-state index contributed by atoms with van der Waals surface area (Å²) in [6, 6.07) is 4.19. The molecule has 3 heteroatoms. The van der Waals surface area contributed by atoms with Crippen molar-refractivity contribution in [2.24, 2.45) is 5.73 Å². The Labute approximate surface area is 125 Å². The van der Waals surface area contributed by atoms with E-state index in [2.05, 4.69) is 53.4 Å². The summed E-state index contributed by atoms with van der Waals surface area (Å²) in [5.41, 5.74) is 9.29. The summed E-state index contributed by atoms with van der Waals surface area (Å²) in [5, 5.41) is 2.09. The maximum Gasteiger partial charge on any atom is 0.0466 e. The highest BCUT2D eigenvalue weighted by Crippen LogP contribution is 2.34. The first-order chi connectivity index (χ1) is 9.42. The van der Waals surface area contributed by atoms with E-state index in [1.54, 1.807) is 11.3 Å². The van der Waals surface area contributed by atoms with Crippen molar-refractivity contribution in [2.45, 2.75) is 32.7 Å². The highest BCUT2D eigenvalue weighted by atomic mass is 32.1. The van der Waals surface area contributed by atoms with Gasteiger partial charge in [0.2, 0.25) is 0 Å². The summed E-state index contributed by atoms with van der Waals surface area (Å²) in [6.45, 7) is 10.4. The smallest absolute Gasteiger partial charge is 0.0466 e. The molecule has 0 bridgehead atoms. The zero-order valence-electron chi connectivity index (χ0n) is 12.4. The van der Waals surface area contributed by atoms with Crippen LogP contribution in [0, 0.1) is 0 Å². The molecule has 2 N–H and O–H groups in total. The first kappa shape index (κ1) is 14.8. The van der Waals surface area contributed by atoms with Gasteiger partial charge in [-0.1, -0.05) is 24.8 Å². The van der Waals surface area contributed by atoms with Gasteiger partial charge in [0.25, 0.3) is 0 Å². The van der Waals surface area contributed by atoms with Gasteiger partial charge in [0.15, 0.2) is 0 Å². The fourth-order valence-corrected chi connectivity index (χ4v) is 3.03. The maximum absolute atomic E-state index is 6.16. The molecular weight excluding hydrogens is 264 g/mol. The topological polar surface area (TPSA) is 29.3 Å². The van der Waals surface area contributed by atoms with E-state index in [-0.39, 0.29) is 5.54 Å². The maximum atomic E-state index is 6.16. The Hall–Kier alpha value is -1.58. The number of nitrogens with zero attached hydrogens (tertiary/aromatic N) is 1. The summed E-state index contributed by atoms with van der Waals surface area (Å²) in [4.78, 5) is 3.38. The Morgan fingerprint density at radius 3 is 2.80 bits per heavy atom. The molecule has 2 nitrogen and oxygen atoms in total. The molecule has 1 aromatic heterocycles. The van der Waals surface area contributed by atoms with E-state index in [9.17, 15) is 0 Å². The molecule has 0 saturated heterocycles. The Balaban J connectivity index is 2.26. The number of hydrogen-bond acceptors (Lipinski definition) is 3. The van der Waals surface area contributed by atoms with E-state index >= 15 is 0 Å². The minimum Gasteiger partial charge on any atom is -0.325 e. The molecule has 0 unspecified atom stereocenters. The second kappa shape index (κ2) is 5.81. The minimum atomic E-state index is -0.236. The average molecular weight is 286 g/mol. The molecule has 2 rings (SSSR count). The van der Waals surface area contributed by atoms with Gasteiger partial charge < -0.3 is 10.6 Å². The van der Waals surface area contributed by atoms with Crippen LogP contribution >= 0.6 is 11.3 Å². The van der Waals surface area contributed by atoms with Crippen LogP contribution < -0.4 is 5.73 Å². The largest absolute Gasteiger partial charge is 0.325 e. The highest BCUT2D eigenvalue weighted by molar-refractivity contribution is 7.11. The van der Waals surface area contributed by atoms with E-state index in [0.717, 1.165) is 12.1 Å². The summed E-state index contributed by atoms with van der Waals surface area (Å²) < 4.78 is 0. The predicted molar refractivity (Wildman–Crippen MR) is 89.1 cm³/mol. The van der Waals surface area contributed by atoms with Gasteiger partial charge in [-0.2, -0.15) is 0 Å². The minimum absolute atomic E-state index is 0.236. The van der Waals surface area contributed by atoms with Crippen LogP contribution in [0.3, 0.4) is 0 Å². The van der Waals surface area contributed by atoms with Crippen molar-refractivity contribution in [3.8, 4) is 0 Å². The molecule has 1 aromatic rings. The van der Waals surface area contributed by atoms with Crippen molar-refractivity contribution in [3.63, 3.8) is 0 Å². The molecule has 0 atom stereocenters. The molecule has 2 heterocycles. The average Bonchev–Trinajstić information content (AvgIpc) is 2.89.